The van der Waals surface area contributed by atoms with Gasteiger partial charge in [0.25, 0.3) is 5.91 Å². The average Bonchev–Trinajstić information content (AvgIpc) is 2.45. The summed E-state index contributed by atoms with van der Waals surface area (Å²) in [5, 5.41) is 2.66. The Morgan fingerprint density at radius 2 is 1.64 bits per heavy atom. The Balaban J connectivity index is 2.34. The minimum atomic E-state index is -0.453. The Labute approximate surface area is 66.2 Å². The molecule has 0 aliphatic heterocycles. The third-order valence-corrected chi connectivity index (χ3v) is 2.44. The molecule has 0 spiro atoms. The molecule has 0 bridgehead atoms. The van der Waals surface area contributed by atoms with Crippen LogP contribution in [0.2, 0.25) is 0 Å². The Morgan fingerprint density at radius 1 is 1.18 bits per heavy atom. The Hall–Kier alpha value is -0.860. The van der Waals surface area contributed by atoms with E-state index in [4.69, 9.17) is 0 Å². The number of rotatable bonds is 2. The topological polar surface area (TPSA) is 46.2 Å². The largest absolute Gasteiger partial charge is 0.346 e. The van der Waals surface area contributed by atoms with Crippen molar-refractivity contribution in [1.29, 1.82) is 0 Å². The molecule has 1 saturated carbocycles. The number of ketones is 1. The van der Waals surface area contributed by atoms with Gasteiger partial charge in [-0.1, -0.05) is 13.8 Å². The molecule has 11 heavy (non-hydrogen) atoms. The second-order valence-corrected chi connectivity index (χ2v) is 3.27. The molecule has 3 heteroatoms. The predicted octanol–water partition coefficient (Wildman–Crippen LogP) is 0.346. The van der Waals surface area contributed by atoms with Gasteiger partial charge in [-0.25, -0.2) is 0 Å². The van der Waals surface area contributed by atoms with Crippen molar-refractivity contribution in [2.24, 2.45) is 11.8 Å². The minimum absolute atomic E-state index is 0.228. The van der Waals surface area contributed by atoms with Gasteiger partial charge >= 0.3 is 0 Å². The Morgan fingerprint density at radius 3 is 1.91 bits per heavy atom. The lowest BCUT2D eigenvalue weighted by Crippen LogP contribution is -2.32. The van der Waals surface area contributed by atoms with Gasteiger partial charge in [-0.2, -0.15) is 0 Å². The van der Waals surface area contributed by atoms with Gasteiger partial charge in [-0.15, -0.1) is 0 Å². The fraction of sp³-hybridized carbons (Fsp3) is 0.750. The number of Topliss-reactive ketones (excluding diaryl/α,β-unsaturated/α-hetero) is 1. The number of nitrogens with one attached hydrogen (secondary N) is 1. The van der Waals surface area contributed by atoms with Crippen LogP contribution >= 0.6 is 0 Å². The van der Waals surface area contributed by atoms with Gasteiger partial charge in [0.05, 0.1) is 0 Å². The van der Waals surface area contributed by atoms with Gasteiger partial charge in [0, 0.05) is 13.0 Å². The summed E-state index contributed by atoms with van der Waals surface area (Å²) in [5.41, 5.74) is 0. The van der Waals surface area contributed by atoms with Gasteiger partial charge in [-0.3, -0.25) is 9.59 Å². The van der Waals surface area contributed by atoms with E-state index in [1.807, 2.05) is 0 Å². The van der Waals surface area contributed by atoms with Gasteiger partial charge in [0.2, 0.25) is 5.78 Å². The maximum Gasteiger partial charge on any atom is 0.287 e. The molecule has 1 amide bonds. The Kier molecular flexibility index (Phi) is 1.98. The number of carbonyl (C=O) groups excluding carboxylic acids is 2. The van der Waals surface area contributed by atoms with Crippen LogP contribution in [-0.4, -0.2) is 17.7 Å². The van der Waals surface area contributed by atoms with Crippen molar-refractivity contribution in [3.8, 4) is 0 Å². The zero-order chi connectivity index (χ0) is 8.59. The summed E-state index contributed by atoms with van der Waals surface area (Å²) in [5.74, 6) is 0.194. The molecule has 0 heterocycles. The smallest absolute Gasteiger partial charge is 0.287 e. The van der Waals surface area contributed by atoms with Crippen LogP contribution < -0.4 is 5.32 Å². The molecule has 0 saturated heterocycles. The average molecular weight is 155 g/mol. The van der Waals surface area contributed by atoms with Crippen LogP contribution in [0.25, 0.3) is 0 Å². The van der Waals surface area contributed by atoms with Crippen molar-refractivity contribution in [2.75, 3.05) is 0 Å². The van der Waals surface area contributed by atoms with E-state index in [2.05, 4.69) is 19.2 Å². The zero-order valence-corrected chi connectivity index (χ0v) is 7.05. The lowest BCUT2D eigenvalue weighted by atomic mass is 10.4. The fourth-order valence-electron chi connectivity index (χ4n) is 1.18. The molecule has 3 nitrogen and oxygen atoms in total. The molecule has 3 atom stereocenters. The highest BCUT2D eigenvalue weighted by Crippen LogP contribution is 2.37. The third kappa shape index (κ3) is 1.59. The Bertz CT molecular complexity index is 192. The summed E-state index contributed by atoms with van der Waals surface area (Å²) in [4.78, 5) is 21.3. The molecule has 1 aliphatic rings. The fourth-order valence-corrected chi connectivity index (χ4v) is 1.18. The lowest BCUT2D eigenvalue weighted by Gasteiger charge is -1.98. The molecule has 0 radical (unpaired) electrons. The second-order valence-electron chi connectivity index (χ2n) is 3.27. The molecule has 0 aromatic carbocycles. The van der Waals surface area contributed by atoms with Crippen LogP contribution in [0.3, 0.4) is 0 Å². The van der Waals surface area contributed by atoms with Gasteiger partial charge in [0.15, 0.2) is 0 Å². The van der Waals surface area contributed by atoms with E-state index in [1.165, 1.54) is 6.92 Å². The van der Waals surface area contributed by atoms with E-state index in [1.54, 1.807) is 0 Å². The van der Waals surface area contributed by atoms with Crippen molar-refractivity contribution in [3.05, 3.63) is 0 Å². The molecule has 1 rings (SSSR count). The number of carbonyl (C=O) groups is 2. The minimum Gasteiger partial charge on any atom is -0.346 e. The molecule has 0 aromatic heterocycles. The molecule has 1 N–H and O–H groups in total. The summed E-state index contributed by atoms with van der Waals surface area (Å²) in [6.07, 6.45) is 0. The summed E-state index contributed by atoms with van der Waals surface area (Å²) >= 11 is 0. The molecule has 1 aliphatic carbocycles. The van der Waals surface area contributed by atoms with Crippen LogP contribution in [0.4, 0.5) is 0 Å². The van der Waals surface area contributed by atoms with Crippen LogP contribution in [0, 0.1) is 11.8 Å². The first kappa shape index (κ1) is 8.24. The second kappa shape index (κ2) is 2.64. The van der Waals surface area contributed by atoms with E-state index < -0.39 is 11.7 Å². The van der Waals surface area contributed by atoms with Crippen molar-refractivity contribution in [1.82, 2.24) is 5.32 Å². The highest BCUT2D eigenvalue weighted by molar-refractivity contribution is 6.35. The first-order valence-corrected chi connectivity index (χ1v) is 3.85. The number of hydrogen-bond donors (Lipinski definition) is 1. The maximum absolute atomic E-state index is 10.8. The van der Waals surface area contributed by atoms with E-state index >= 15 is 0 Å². The molecule has 2 unspecified atom stereocenters. The van der Waals surface area contributed by atoms with Crippen LogP contribution in [0.1, 0.15) is 20.8 Å². The molecule has 1 fully saturated rings. The maximum atomic E-state index is 10.8. The van der Waals surface area contributed by atoms with Gasteiger partial charge in [0.1, 0.15) is 0 Å². The summed E-state index contributed by atoms with van der Waals surface area (Å²) in [7, 11) is 0. The lowest BCUT2D eigenvalue weighted by molar-refractivity contribution is -0.136. The van der Waals surface area contributed by atoms with E-state index in [9.17, 15) is 9.59 Å². The number of hydrogen-bond acceptors (Lipinski definition) is 2. The quantitative estimate of drug-likeness (QED) is 0.585. The van der Waals surface area contributed by atoms with Crippen LogP contribution in [0.15, 0.2) is 0 Å². The van der Waals surface area contributed by atoms with Crippen LogP contribution in [0.5, 0.6) is 0 Å². The van der Waals surface area contributed by atoms with E-state index in [0.29, 0.717) is 11.8 Å². The zero-order valence-electron chi connectivity index (χ0n) is 7.05. The van der Waals surface area contributed by atoms with Gasteiger partial charge < -0.3 is 5.32 Å². The predicted molar refractivity (Wildman–Crippen MR) is 40.9 cm³/mol. The highest BCUT2D eigenvalue weighted by Gasteiger charge is 2.44. The third-order valence-electron chi connectivity index (χ3n) is 2.44. The highest BCUT2D eigenvalue weighted by atomic mass is 16.2. The monoisotopic (exact) mass is 155 g/mol. The summed E-state index contributed by atoms with van der Waals surface area (Å²) in [6, 6.07) is 0.228. The molecule has 0 aromatic rings. The van der Waals surface area contributed by atoms with Crippen molar-refractivity contribution >= 4 is 11.7 Å². The van der Waals surface area contributed by atoms with Crippen LogP contribution in [-0.2, 0) is 9.59 Å². The molecular weight excluding hydrogens is 142 g/mol. The van der Waals surface area contributed by atoms with Gasteiger partial charge in [-0.05, 0) is 11.8 Å². The SMILES string of the molecule is CC(=O)C(=O)NC1C(C)[C@H]1C. The summed E-state index contributed by atoms with van der Waals surface area (Å²) in [6.45, 7) is 5.42. The van der Waals surface area contributed by atoms with Crippen molar-refractivity contribution < 1.29 is 9.59 Å². The number of amides is 1. The van der Waals surface area contributed by atoms with E-state index in [-0.39, 0.29) is 6.04 Å². The first-order valence-electron chi connectivity index (χ1n) is 3.85. The summed E-state index contributed by atoms with van der Waals surface area (Å²) < 4.78 is 0. The molecular formula is C8H13NO2. The van der Waals surface area contributed by atoms with Crippen molar-refractivity contribution in [3.63, 3.8) is 0 Å². The van der Waals surface area contributed by atoms with E-state index in [0.717, 1.165) is 0 Å². The normalized spacial score (nSPS) is 34.6. The first-order chi connectivity index (χ1) is 5.04. The standard InChI is InChI=1S/C8H13NO2/c1-4-5(2)7(4)9-8(11)6(3)10/h4-5,7H,1-3H3,(H,9,11)/t4-,5?,7?/m1/s1. The molecule has 62 valence electrons. The van der Waals surface area contributed by atoms with Crippen molar-refractivity contribution in [2.45, 2.75) is 26.8 Å².